The van der Waals surface area contributed by atoms with Crippen LogP contribution in [0.2, 0.25) is 0 Å². The smallest absolute Gasteiger partial charge is 0.377 e. The second-order valence-electron chi connectivity index (χ2n) is 9.87. The molecule has 0 radical (unpaired) electrons. The highest BCUT2D eigenvalue weighted by Crippen LogP contribution is 2.34. The minimum Gasteiger partial charge on any atom is -0.377 e. The molecule has 1 saturated heterocycles. The van der Waals surface area contributed by atoms with E-state index in [1.807, 2.05) is 31.3 Å². The van der Waals surface area contributed by atoms with Crippen LogP contribution in [0.15, 0.2) is 65.8 Å². The first kappa shape index (κ1) is 26.6. The number of sulfone groups is 1. The van der Waals surface area contributed by atoms with Gasteiger partial charge in [0.25, 0.3) is 0 Å². The molecule has 1 aliphatic carbocycles. The second kappa shape index (κ2) is 10.3. The van der Waals surface area contributed by atoms with Crippen molar-refractivity contribution in [2.75, 3.05) is 25.6 Å². The van der Waals surface area contributed by atoms with E-state index in [1.165, 1.54) is 6.07 Å². The van der Waals surface area contributed by atoms with Gasteiger partial charge in [0.05, 0.1) is 34.6 Å². The second-order valence-corrected chi connectivity index (χ2v) is 12.1. The molecule has 2 aromatic heterocycles. The lowest BCUT2D eigenvalue weighted by Crippen LogP contribution is -2.56. The van der Waals surface area contributed by atoms with E-state index in [0.29, 0.717) is 44.7 Å². The third kappa shape index (κ3) is 5.27. The van der Waals surface area contributed by atoms with Crippen molar-refractivity contribution >= 4 is 15.7 Å². The Morgan fingerprint density at radius 3 is 2.21 bits per heavy atom. The van der Waals surface area contributed by atoms with E-state index in [9.17, 15) is 21.6 Å². The Hall–Kier alpha value is -3.02. The summed E-state index contributed by atoms with van der Waals surface area (Å²) in [5.41, 5.74) is 1.63. The number of hydrogen-bond acceptors (Lipinski definition) is 7. The highest BCUT2D eigenvalue weighted by atomic mass is 32.2. The quantitative estimate of drug-likeness (QED) is 0.440. The molecule has 0 atom stereocenters. The van der Waals surface area contributed by atoms with Crippen molar-refractivity contribution in [2.24, 2.45) is 0 Å². The van der Waals surface area contributed by atoms with Crippen molar-refractivity contribution in [1.82, 2.24) is 15.3 Å². The number of pyridine rings is 2. The fraction of sp³-hybridized carbons (Fsp3) is 0.407. The minimum atomic E-state index is -4.43. The maximum atomic E-state index is 13.3. The van der Waals surface area contributed by atoms with Crippen molar-refractivity contribution in [1.29, 1.82) is 0 Å². The van der Waals surface area contributed by atoms with E-state index >= 15 is 0 Å². The third-order valence-electron chi connectivity index (χ3n) is 7.50. The number of rotatable bonds is 7. The first-order valence-electron chi connectivity index (χ1n) is 12.5. The molecule has 1 aromatic carbocycles. The number of likely N-dealkylation sites (N-methyl/N-ethyl adjacent to an activating group) is 1. The minimum absolute atomic E-state index is 0.0454. The van der Waals surface area contributed by atoms with Gasteiger partial charge in [-0.1, -0.05) is 12.1 Å². The number of anilines is 1. The monoisotopic (exact) mass is 546 g/mol. The fourth-order valence-corrected chi connectivity index (χ4v) is 6.79. The van der Waals surface area contributed by atoms with Gasteiger partial charge in [0.15, 0.2) is 9.84 Å². The van der Waals surface area contributed by atoms with E-state index in [4.69, 9.17) is 4.74 Å². The number of hydrogen-bond donors (Lipinski definition) is 2. The lowest BCUT2D eigenvalue weighted by atomic mass is 9.91. The van der Waals surface area contributed by atoms with E-state index in [1.54, 1.807) is 18.3 Å². The molecule has 202 valence electrons. The number of halogens is 3. The van der Waals surface area contributed by atoms with Crippen LogP contribution in [0.1, 0.15) is 36.9 Å². The van der Waals surface area contributed by atoms with Crippen LogP contribution in [-0.4, -0.2) is 49.9 Å². The van der Waals surface area contributed by atoms with Crippen LogP contribution in [0.4, 0.5) is 19.0 Å². The van der Waals surface area contributed by atoms with Gasteiger partial charge in [-0.15, -0.1) is 0 Å². The molecule has 11 heteroatoms. The number of ether oxygens (including phenoxy) is 1. The van der Waals surface area contributed by atoms with Gasteiger partial charge in [-0.2, -0.15) is 13.2 Å². The van der Waals surface area contributed by atoms with Crippen molar-refractivity contribution in [2.45, 2.75) is 53.6 Å². The Morgan fingerprint density at radius 2 is 1.66 bits per heavy atom. The van der Waals surface area contributed by atoms with Crippen LogP contribution in [-0.2, 0) is 26.3 Å². The summed E-state index contributed by atoms with van der Waals surface area (Å²) in [6.45, 7) is 1.10. The molecule has 38 heavy (non-hydrogen) atoms. The molecular formula is C27H29F3N4O3S. The first-order valence-corrected chi connectivity index (χ1v) is 14.0. The maximum absolute atomic E-state index is 13.3. The SMILES string of the molecule is CNC1(c2cc(-c3ccc(S(=O)(=O)[C@H]4CC[C@H](Nc5ccc(C(F)(F)F)cn5)CC4)cc3)ccn2)COC1. The van der Waals surface area contributed by atoms with Gasteiger partial charge in [-0.3, -0.25) is 4.98 Å². The molecular weight excluding hydrogens is 517 g/mol. The van der Waals surface area contributed by atoms with Crippen LogP contribution in [0.25, 0.3) is 11.1 Å². The van der Waals surface area contributed by atoms with Crippen LogP contribution < -0.4 is 10.6 Å². The van der Waals surface area contributed by atoms with Gasteiger partial charge in [0.2, 0.25) is 0 Å². The average molecular weight is 547 g/mol. The summed E-state index contributed by atoms with van der Waals surface area (Å²) in [7, 11) is -1.64. The molecule has 2 aliphatic rings. The number of nitrogens with one attached hydrogen (secondary N) is 2. The summed E-state index contributed by atoms with van der Waals surface area (Å²) >= 11 is 0. The standard InChI is InChI=1S/C27H29F3N4O3S/c1-31-26(16-37-17-26)24-14-19(12-13-32-24)18-2-7-22(8-3-18)38(35,36)23-9-5-21(6-10-23)34-25-11-4-20(15-33-25)27(28,29)30/h2-4,7-8,11-15,21,23,31H,5-6,9-10,16-17H2,1H3,(H,33,34)/t21-,23-. The van der Waals surface area contributed by atoms with Crippen LogP contribution in [0.3, 0.4) is 0 Å². The van der Waals surface area contributed by atoms with Crippen molar-refractivity contribution in [3.8, 4) is 11.1 Å². The highest BCUT2D eigenvalue weighted by molar-refractivity contribution is 7.92. The lowest BCUT2D eigenvalue weighted by Gasteiger charge is -2.40. The Kier molecular flexibility index (Phi) is 7.19. The Balaban J connectivity index is 1.22. The predicted molar refractivity (Wildman–Crippen MR) is 137 cm³/mol. The van der Waals surface area contributed by atoms with E-state index in [2.05, 4.69) is 20.6 Å². The zero-order valence-corrected chi connectivity index (χ0v) is 21.6. The van der Waals surface area contributed by atoms with Gasteiger partial charge in [0.1, 0.15) is 11.4 Å². The molecule has 2 fully saturated rings. The summed E-state index contributed by atoms with van der Waals surface area (Å²) < 4.78 is 70.3. The van der Waals surface area contributed by atoms with Crippen molar-refractivity contribution in [3.63, 3.8) is 0 Å². The van der Waals surface area contributed by atoms with E-state index < -0.39 is 26.8 Å². The molecule has 0 unspecified atom stereocenters. The Bertz CT molecular complexity index is 1360. The van der Waals surface area contributed by atoms with Gasteiger partial charge < -0.3 is 15.4 Å². The summed E-state index contributed by atoms with van der Waals surface area (Å²) in [5, 5.41) is 5.91. The Morgan fingerprint density at radius 1 is 0.947 bits per heavy atom. The highest BCUT2D eigenvalue weighted by Gasteiger charge is 2.40. The molecule has 3 heterocycles. The molecule has 7 nitrogen and oxygen atoms in total. The van der Waals surface area contributed by atoms with Gasteiger partial charge in [-0.05, 0) is 80.3 Å². The number of aromatic nitrogens is 2. The molecule has 1 aliphatic heterocycles. The Labute approximate surface area is 219 Å². The molecule has 0 amide bonds. The largest absolute Gasteiger partial charge is 0.417 e. The maximum Gasteiger partial charge on any atom is 0.417 e. The van der Waals surface area contributed by atoms with Gasteiger partial charge in [-0.25, -0.2) is 13.4 Å². The first-order chi connectivity index (χ1) is 18.1. The molecule has 0 bridgehead atoms. The summed E-state index contributed by atoms with van der Waals surface area (Å²) in [5.74, 6) is 0.352. The molecule has 1 saturated carbocycles. The molecule has 0 spiro atoms. The zero-order chi connectivity index (χ0) is 27.0. The molecule has 2 N–H and O–H groups in total. The number of benzene rings is 1. The average Bonchev–Trinajstić information content (AvgIpc) is 2.89. The van der Waals surface area contributed by atoms with Crippen molar-refractivity contribution in [3.05, 3.63) is 72.2 Å². The van der Waals surface area contributed by atoms with Crippen LogP contribution in [0, 0.1) is 0 Å². The van der Waals surface area contributed by atoms with E-state index in [0.717, 1.165) is 29.1 Å². The fourth-order valence-electron chi connectivity index (χ4n) is 5.00. The molecule has 3 aromatic rings. The molecule has 5 rings (SSSR count). The van der Waals surface area contributed by atoms with Gasteiger partial charge >= 0.3 is 6.18 Å². The zero-order valence-electron chi connectivity index (χ0n) is 20.8. The van der Waals surface area contributed by atoms with Gasteiger partial charge in [0, 0.05) is 18.4 Å². The summed E-state index contributed by atoms with van der Waals surface area (Å²) in [6.07, 6.45) is 0.213. The number of nitrogens with zero attached hydrogens (tertiary/aromatic N) is 2. The topological polar surface area (TPSA) is 93.2 Å². The normalized spacial score (nSPS) is 21.5. The predicted octanol–water partition coefficient (Wildman–Crippen LogP) is 4.80. The summed E-state index contributed by atoms with van der Waals surface area (Å²) in [6, 6.07) is 13.1. The van der Waals surface area contributed by atoms with E-state index in [-0.39, 0.29) is 16.5 Å². The van der Waals surface area contributed by atoms with Crippen molar-refractivity contribution < 1.29 is 26.3 Å². The summed E-state index contributed by atoms with van der Waals surface area (Å²) in [4.78, 5) is 8.65. The van der Waals surface area contributed by atoms with Crippen LogP contribution in [0.5, 0.6) is 0 Å². The number of alkyl halides is 3. The lowest BCUT2D eigenvalue weighted by molar-refractivity contribution is -0.137. The third-order valence-corrected chi connectivity index (χ3v) is 9.78. The van der Waals surface area contributed by atoms with Crippen LogP contribution >= 0.6 is 0 Å².